The second-order valence-corrected chi connectivity index (χ2v) is 8.60. The Balaban J connectivity index is 1.65. The molecule has 2 aliphatic rings. The number of aliphatic imine (C=N–C) groups is 1. The molecule has 0 spiro atoms. The summed E-state index contributed by atoms with van der Waals surface area (Å²) in [5.74, 6) is 0.150. The highest BCUT2D eigenvalue weighted by atomic mass is 19.4. The van der Waals surface area contributed by atoms with E-state index < -0.39 is 17.9 Å². The predicted octanol–water partition coefficient (Wildman–Crippen LogP) is 2.99. The first-order valence-corrected chi connectivity index (χ1v) is 10.7. The molecule has 2 aliphatic heterocycles. The highest BCUT2D eigenvalue weighted by molar-refractivity contribution is 5.97. The maximum Gasteiger partial charge on any atom is 0.417 e. The van der Waals surface area contributed by atoms with Gasteiger partial charge in [0.15, 0.2) is 0 Å². The Morgan fingerprint density at radius 3 is 2.41 bits per heavy atom. The summed E-state index contributed by atoms with van der Waals surface area (Å²) < 4.78 is 39.8. The molecule has 1 aromatic rings. The van der Waals surface area contributed by atoms with Gasteiger partial charge in [-0.25, -0.2) is 4.99 Å². The van der Waals surface area contributed by atoms with Crippen LogP contribution in [0.2, 0.25) is 0 Å². The number of alkyl halides is 3. The fraction of sp³-hybridized carbons (Fsp3) is 0.545. The number of rotatable bonds is 5. The first kappa shape index (κ1) is 24.1. The summed E-state index contributed by atoms with van der Waals surface area (Å²) >= 11 is 0. The zero-order chi connectivity index (χ0) is 23.5. The molecule has 1 fully saturated rings. The highest BCUT2D eigenvalue weighted by Gasteiger charge is 2.40. The molecule has 7 nitrogen and oxygen atoms in total. The number of likely N-dealkylation sites (tertiary alicyclic amines) is 1. The van der Waals surface area contributed by atoms with E-state index in [1.165, 1.54) is 0 Å². The van der Waals surface area contributed by atoms with Crippen LogP contribution in [0, 0.1) is 0 Å². The van der Waals surface area contributed by atoms with Gasteiger partial charge in [0.2, 0.25) is 5.96 Å². The second-order valence-electron chi connectivity index (χ2n) is 8.60. The summed E-state index contributed by atoms with van der Waals surface area (Å²) in [6, 6.07) is 6.89. The molecule has 1 aromatic carbocycles. The SMILES string of the molecule is CC(C)NC1N=C(Nc2ccc(C(=O)N(C)C3CCN(C)CC3)cc2)NC=C1C(F)(F)F. The normalized spacial score (nSPS) is 20.4. The lowest BCUT2D eigenvalue weighted by molar-refractivity contribution is -0.0971. The molecule has 0 radical (unpaired) electrons. The van der Waals surface area contributed by atoms with E-state index in [9.17, 15) is 18.0 Å². The Labute approximate surface area is 186 Å². The van der Waals surface area contributed by atoms with Crippen molar-refractivity contribution in [2.75, 3.05) is 32.5 Å². The van der Waals surface area contributed by atoms with Crippen molar-refractivity contribution in [2.24, 2.45) is 4.99 Å². The predicted molar refractivity (Wildman–Crippen MR) is 119 cm³/mol. The topological polar surface area (TPSA) is 72.0 Å². The van der Waals surface area contributed by atoms with Crippen LogP contribution in [-0.4, -0.2) is 73.3 Å². The van der Waals surface area contributed by atoms with Gasteiger partial charge in [-0.05, 0) is 71.1 Å². The minimum absolute atomic E-state index is 0.0433. The Morgan fingerprint density at radius 1 is 1.22 bits per heavy atom. The number of benzene rings is 1. The number of anilines is 1. The summed E-state index contributed by atoms with van der Waals surface area (Å²) in [6.07, 6.45) is -2.88. The van der Waals surface area contributed by atoms with E-state index in [4.69, 9.17) is 0 Å². The van der Waals surface area contributed by atoms with Crippen molar-refractivity contribution in [3.63, 3.8) is 0 Å². The number of hydrogen-bond acceptors (Lipinski definition) is 6. The fourth-order valence-electron chi connectivity index (χ4n) is 3.79. The van der Waals surface area contributed by atoms with Crippen molar-refractivity contribution in [1.82, 2.24) is 20.4 Å². The molecule has 0 bridgehead atoms. The monoisotopic (exact) mass is 452 g/mol. The zero-order valence-corrected chi connectivity index (χ0v) is 18.8. The number of guanidine groups is 1. The van der Waals surface area contributed by atoms with E-state index in [0.717, 1.165) is 32.1 Å². The number of hydrogen-bond donors (Lipinski definition) is 3. The average molecular weight is 453 g/mol. The lowest BCUT2D eigenvalue weighted by Gasteiger charge is -2.35. The lowest BCUT2D eigenvalue weighted by atomic mass is 10.0. The molecule has 2 heterocycles. The molecule has 176 valence electrons. The summed E-state index contributed by atoms with van der Waals surface area (Å²) in [6.45, 7) is 5.46. The molecule has 3 N–H and O–H groups in total. The van der Waals surface area contributed by atoms with Crippen LogP contribution in [0.3, 0.4) is 0 Å². The Morgan fingerprint density at radius 2 is 1.84 bits per heavy atom. The molecule has 3 rings (SSSR count). The summed E-state index contributed by atoms with van der Waals surface area (Å²) in [4.78, 5) is 21.0. The van der Waals surface area contributed by atoms with Crippen molar-refractivity contribution in [1.29, 1.82) is 0 Å². The van der Waals surface area contributed by atoms with Crippen molar-refractivity contribution in [2.45, 2.75) is 51.1 Å². The molecule has 32 heavy (non-hydrogen) atoms. The van der Waals surface area contributed by atoms with Gasteiger partial charge >= 0.3 is 6.18 Å². The van der Waals surface area contributed by atoms with Gasteiger partial charge in [-0.2, -0.15) is 13.2 Å². The van der Waals surface area contributed by atoms with Gasteiger partial charge in [0, 0.05) is 36.6 Å². The van der Waals surface area contributed by atoms with Gasteiger partial charge in [-0.1, -0.05) is 0 Å². The summed E-state index contributed by atoms with van der Waals surface area (Å²) in [5.41, 5.74) is 0.394. The third kappa shape index (κ3) is 6.01. The lowest BCUT2D eigenvalue weighted by Crippen LogP contribution is -2.45. The third-order valence-electron chi connectivity index (χ3n) is 5.69. The zero-order valence-electron chi connectivity index (χ0n) is 18.8. The van der Waals surface area contributed by atoms with Crippen LogP contribution in [-0.2, 0) is 0 Å². The van der Waals surface area contributed by atoms with E-state index in [1.54, 1.807) is 43.0 Å². The maximum absolute atomic E-state index is 13.3. The van der Waals surface area contributed by atoms with Crippen LogP contribution in [0.4, 0.5) is 18.9 Å². The summed E-state index contributed by atoms with van der Waals surface area (Å²) in [7, 11) is 3.91. The fourth-order valence-corrected chi connectivity index (χ4v) is 3.79. The maximum atomic E-state index is 13.3. The van der Waals surface area contributed by atoms with Gasteiger partial charge in [-0.3, -0.25) is 10.1 Å². The van der Waals surface area contributed by atoms with Crippen LogP contribution in [0.15, 0.2) is 41.0 Å². The number of amides is 1. The molecule has 1 atom stereocenters. The first-order valence-electron chi connectivity index (χ1n) is 10.7. The highest BCUT2D eigenvalue weighted by Crippen LogP contribution is 2.30. The Hall–Kier alpha value is -2.59. The number of nitrogens with zero attached hydrogens (tertiary/aromatic N) is 3. The van der Waals surface area contributed by atoms with Gasteiger partial charge in [0.05, 0.1) is 5.57 Å². The number of nitrogens with one attached hydrogen (secondary N) is 3. The molecule has 0 aromatic heterocycles. The van der Waals surface area contributed by atoms with Gasteiger partial charge in [0.1, 0.15) is 6.17 Å². The van der Waals surface area contributed by atoms with E-state index in [0.29, 0.717) is 11.3 Å². The number of carbonyl (C=O) groups excluding carboxylic acids is 1. The molecule has 1 saturated heterocycles. The van der Waals surface area contributed by atoms with E-state index in [1.807, 2.05) is 7.05 Å². The van der Waals surface area contributed by atoms with Gasteiger partial charge < -0.3 is 20.4 Å². The second kappa shape index (κ2) is 9.91. The molecule has 1 unspecified atom stereocenters. The van der Waals surface area contributed by atoms with Crippen LogP contribution in [0.1, 0.15) is 37.0 Å². The minimum Gasteiger partial charge on any atom is -0.339 e. The number of piperidine rings is 1. The van der Waals surface area contributed by atoms with Gasteiger partial charge in [0.25, 0.3) is 5.91 Å². The number of halogens is 3. The van der Waals surface area contributed by atoms with Crippen molar-refractivity contribution in [3.05, 3.63) is 41.6 Å². The quantitative estimate of drug-likeness (QED) is 0.641. The molecule has 0 aliphatic carbocycles. The van der Waals surface area contributed by atoms with Crippen LogP contribution in [0.25, 0.3) is 0 Å². The van der Waals surface area contributed by atoms with E-state index in [-0.39, 0.29) is 24.0 Å². The van der Waals surface area contributed by atoms with Crippen molar-refractivity contribution >= 4 is 17.6 Å². The summed E-state index contributed by atoms with van der Waals surface area (Å²) in [5, 5.41) is 8.36. The third-order valence-corrected chi connectivity index (χ3v) is 5.69. The minimum atomic E-state index is -4.49. The Bertz CT molecular complexity index is 857. The van der Waals surface area contributed by atoms with Crippen LogP contribution < -0.4 is 16.0 Å². The van der Waals surface area contributed by atoms with Crippen molar-refractivity contribution < 1.29 is 18.0 Å². The van der Waals surface area contributed by atoms with E-state index in [2.05, 4.69) is 32.9 Å². The van der Waals surface area contributed by atoms with Crippen molar-refractivity contribution in [3.8, 4) is 0 Å². The molecule has 0 saturated carbocycles. The number of carbonyl (C=O) groups is 1. The Kier molecular flexibility index (Phi) is 7.45. The standard InChI is InChI=1S/C22H31F3N6O/c1-14(2)27-19-18(22(23,24)25)13-26-21(29-19)28-16-7-5-15(6-8-16)20(32)31(4)17-9-11-30(3)12-10-17/h5-8,13-14,17,19,27H,9-12H2,1-4H3,(H2,26,28,29). The van der Waals surface area contributed by atoms with E-state index >= 15 is 0 Å². The molecule has 1 amide bonds. The molecule has 10 heteroatoms. The van der Waals surface area contributed by atoms with Gasteiger partial charge in [-0.15, -0.1) is 0 Å². The van der Waals surface area contributed by atoms with Crippen LogP contribution >= 0.6 is 0 Å². The smallest absolute Gasteiger partial charge is 0.339 e. The first-order chi connectivity index (χ1) is 15.0. The molecular formula is C22H31F3N6O. The largest absolute Gasteiger partial charge is 0.417 e. The van der Waals surface area contributed by atoms with Crippen LogP contribution in [0.5, 0.6) is 0 Å². The molecular weight excluding hydrogens is 421 g/mol. The average Bonchev–Trinajstić information content (AvgIpc) is 2.73.